The van der Waals surface area contributed by atoms with E-state index in [0.29, 0.717) is 13.2 Å². The Morgan fingerprint density at radius 1 is 0.742 bits per heavy atom. The van der Waals surface area contributed by atoms with Gasteiger partial charge in [0.15, 0.2) is 11.5 Å². The lowest BCUT2D eigenvalue weighted by molar-refractivity contribution is 0.269. The molecule has 0 radical (unpaired) electrons. The molecular weight excluding hydrogens is 384 g/mol. The standard InChI is InChI=1S/C27H32N2O2/c1-2-30-27-18-24(12-15-26(27)31-21-23-8-4-3-5-9-23)20-28-19-22-10-13-25(14-11-22)29-16-6-7-17-29/h3-5,8-15,18,28H,2,6-7,16-17,19-21H2,1H3. The quantitative estimate of drug-likeness (QED) is 0.469. The van der Waals surface area contributed by atoms with E-state index in [0.717, 1.165) is 30.2 Å². The van der Waals surface area contributed by atoms with Gasteiger partial charge in [0.1, 0.15) is 6.61 Å². The van der Waals surface area contributed by atoms with Crippen LogP contribution >= 0.6 is 0 Å². The van der Waals surface area contributed by atoms with Crippen molar-refractivity contribution >= 4 is 5.69 Å². The zero-order valence-electron chi connectivity index (χ0n) is 18.3. The molecule has 0 atom stereocenters. The van der Waals surface area contributed by atoms with Crippen molar-refractivity contribution < 1.29 is 9.47 Å². The van der Waals surface area contributed by atoms with Crippen LogP contribution in [0, 0.1) is 0 Å². The van der Waals surface area contributed by atoms with Crippen LogP contribution < -0.4 is 19.7 Å². The highest BCUT2D eigenvalue weighted by molar-refractivity contribution is 5.48. The second-order valence-electron chi connectivity index (χ2n) is 7.95. The van der Waals surface area contributed by atoms with Crippen molar-refractivity contribution in [2.24, 2.45) is 0 Å². The van der Waals surface area contributed by atoms with Gasteiger partial charge in [-0.1, -0.05) is 48.5 Å². The van der Waals surface area contributed by atoms with Crippen molar-refractivity contribution in [3.8, 4) is 11.5 Å². The second-order valence-corrected chi connectivity index (χ2v) is 7.95. The summed E-state index contributed by atoms with van der Waals surface area (Å²) < 4.78 is 11.8. The van der Waals surface area contributed by atoms with Gasteiger partial charge in [0, 0.05) is 31.9 Å². The fraction of sp³-hybridized carbons (Fsp3) is 0.333. The predicted molar refractivity (Wildman–Crippen MR) is 127 cm³/mol. The first-order chi connectivity index (χ1) is 15.3. The number of nitrogens with zero attached hydrogens (tertiary/aromatic N) is 1. The van der Waals surface area contributed by atoms with Crippen LogP contribution in [0.15, 0.2) is 72.8 Å². The lowest BCUT2D eigenvalue weighted by Gasteiger charge is -2.18. The van der Waals surface area contributed by atoms with Gasteiger partial charge in [0.25, 0.3) is 0 Å². The second kappa shape index (κ2) is 10.9. The summed E-state index contributed by atoms with van der Waals surface area (Å²) in [4.78, 5) is 2.47. The van der Waals surface area contributed by atoms with Crippen molar-refractivity contribution in [3.05, 3.63) is 89.5 Å². The summed E-state index contributed by atoms with van der Waals surface area (Å²) in [5, 5.41) is 3.54. The molecule has 1 heterocycles. The molecule has 0 amide bonds. The lowest BCUT2D eigenvalue weighted by atomic mass is 10.1. The molecule has 1 fully saturated rings. The van der Waals surface area contributed by atoms with Crippen LogP contribution in [0.4, 0.5) is 5.69 Å². The third-order valence-corrected chi connectivity index (χ3v) is 5.61. The smallest absolute Gasteiger partial charge is 0.161 e. The van der Waals surface area contributed by atoms with Gasteiger partial charge in [-0.05, 0) is 60.7 Å². The fourth-order valence-electron chi connectivity index (χ4n) is 3.94. The van der Waals surface area contributed by atoms with Gasteiger partial charge < -0.3 is 19.7 Å². The van der Waals surface area contributed by atoms with Crippen LogP contribution in [-0.4, -0.2) is 19.7 Å². The Balaban J connectivity index is 1.31. The van der Waals surface area contributed by atoms with Gasteiger partial charge in [0.05, 0.1) is 6.61 Å². The van der Waals surface area contributed by atoms with Gasteiger partial charge >= 0.3 is 0 Å². The number of hydrogen-bond donors (Lipinski definition) is 1. The molecule has 4 nitrogen and oxygen atoms in total. The van der Waals surface area contributed by atoms with E-state index < -0.39 is 0 Å². The Bertz CT molecular complexity index is 935. The maximum Gasteiger partial charge on any atom is 0.161 e. The summed E-state index contributed by atoms with van der Waals surface area (Å²) >= 11 is 0. The SMILES string of the molecule is CCOc1cc(CNCc2ccc(N3CCCC3)cc2)ccc1OCc1ccccc1. The minimum Gasteiger partial charge on any atom is -0.490 e. The minimum absolute atomic E-state index is 0.534. The highest BCUT2D eigenvalue weighted by Gasteiger charge is 2.12. The zero-order chi connectivity index (χ0) is 21.3. The summed E-state index contributed by atoms with van der Waals surface area (Å²) in [7, 11) is 0. The molecule has 1 saturated heterocycles. The van der Waals surface area contributed by atoms with Crippen molar-refractivity contribution in [2.75, 3.05) is 24.6 Å². The molecule has 0 spiro atoms. The maximum absolute atomic E-state index is 6.01. The molecule has 0 bridgehead atoms. The molecule has 4 rings (SSSR count). The first-order valence-electron chi connectivity index (χ1n) is 11.3. The highest BCUT2D eigenvalue weighted by atomic mass is 16.5. The Labute approximate surface area is 185 Å². The molecule has 0 aliphatic carbocycles. The summed E-state index contributed by atoms with van der Waals surface area (Å²) in [5.74, 6) is 1.58. The molecule has 3 aromatic carbocycles. The monoisotopic (exact) mass is 416 g/mol. The fourth-order valence-corrected chi connectivity index (χ4v) is 3.94. The van der Waals surface area contributed by atoms with Crippen LogP contribution in [0.5, 0.6) is 11.5 Å². The maximum atomic E-state index is 6.01. The van der Waals surface area contributed by atoms with E-state index in [1.165, 1.54) is 42.7 Å². The van der Waals surface area contributed by atoms with E-state index in [9.17, 15) is 0 Å². The van der Waals surface area contributed by atoms with Crippen molar-refractivity contribution in [1.29, 1.82) is 0 Å². The first kappa shape index (κ1) is 21.3. The Hall–Kier alpha value is -2.98. The van der Waals surface area contributed by atoms with Gasteiger partial charge in [0.2, 0.25) is 0 Å². The summed E-state index contributed by atoms with van der Waals surface area (Å²) in [6, 6.07) is 25.3. The van der Waals surface area contributed by atoms with Crippen LogP contribution in [0.1, 0.15) is 36.5 Å². The van der Waals surface area contributed by atoms with Crippen LogP contribution in [0.2, 0.25) is 0 Å². The van der Waals surface area contributed by atoms with Crippen LogP contribution in [-0.2, 0) is 19.7 Å². The molecule has 1 aliphatic rings. The average Bonchev–Trinajstić information content (AvgIpc) is 3.35. The minimum atomic E-state index is 0.534. The Morgan fingerprint density at radius 3 is 2.19 bits per heavy atom. The number of nitrogens with one attached hydrogen (secondary N) is 1. The topological polar surface area (TPSA) is 33.7 Å². The number of hydrogen-bond acceptors (Lipinski definition) is 4. The number of benzene rings is 3. The number of anilines is 1. The molecule has 0 unspecified atom stereocenters. The molecule has 0 saturated carbocycles. The first-order valence-corrected chi connectivity index (χ1v) is 11.3. The van der Waals surface area contributed by atoms with Crippen molar-refractivity contribution in [1.82, 2.24) is 5.32 Å². The molecule has 162 valence electrons. The van der Waals surface area contributed by atoms with Crippen molar-refractivity contribution in [3.63, 3.8) is 0 Å². The molecule has 1 N–H and O–H groups in total. The molecular formula is C27H32N2O2. The third-order valence-electron chi connectivity index (χ3n) is 5.61. The van der Waals surface area contributed by atoms with Gasteiger partial charge in [-0.2, -0.15) is 0 Å². The largest absolute Gasteiger partial charge is 0.490 e. The number of rotatable bonds is 10. The molecule has 4 heteroatoms. The molecule has 31 heavy (non-hydrogen) atoms. The third kappa shape index (κ3) is 6.02. The van der Waals surface area contributed by atoms with E-state index in [1.54, 1.807) is 0 Å². The summed E-state index contributed by atoms with van der Waals surface area (Å²) in [6.07, 6.45) is 2.62. The summed E-state index contributed by atoms with van der Waals surface area (Å²) in [5.41, 5.74) is 4.97. The van der Waals surface area contributed by atoms with E-state index in [4.69, 9.17) is 9.47 Å². The van der Waals surface area contributed by atoms with E-state index in [1.807, 2.05) is 31.2 Å². The summed E-state index contributed by atoms with van der Waals surface area (Å²) in [6.45, 7) is 7.14. The van der Waals surface area contributed by atoms with Gasteiger partial charge in [-0.15, -0.1) is 0 Å². The van der Waals surface area contributed by atoms with Crippen molar-refractivity contribution in [2.45, 2.75) is 39.5 Å². The van der Waals surface area contributed by atoms with Crippen LogP contribution in [0.3, 0.4) is 0 Å². The zero-order valence-corrected chi connectivity index (χ0v) is 18.3. The molecule has 0 aromatic heterocycles. The van der Waals surface area contributed by atoms with E-state index in [-0.39, 0.29) is 0 Å². The van der Waals surface area contributed by atoms with E-state index >= 15 is 0 Å². The predicted octanol–water partition coefficient (Wildman–Crippen LogP) is 5.55. The Morgan fingerprint density at radius 2 is 1.45 bits per heavy atom. The highest BCUT2D eigenvalue weighted by Crippen LogP contribution is 2.29. The Kier molecular flexibility index (Phi) is 7.46. The van der Waals surface area contributed by atoms with Gasteiger partial charge in [-0.25, -0.2) is 0 Å². The van der Waals surface area contributed by atoms with E-state index in [2.05, 4.69) is 58.7 Å². The van der Waals surface area contributed by atoms with Crippen LogP contribution in [0.25, 0.3) is 0 Å². The normalized spacial score (nSPS) is 13.4. The van der Waals surface area contributed by atoms with Gasteiger partial charge in [-0.3, -0.25) is 0 Å². The lowest BCUT2D eigenvalue weighted by Crippen LogP contribution is -2.17. The molecule has 3 aromatic rings. The average molecular weight is 417 g/mol. The molecule has 1 aliphatic heterocycles. The number of ether oxygens (including phenoxy) is 2.